The van der Waals surface area contributed by atoms with E-state index in [1.165, 1.54) is 46.3 Å². The average Bonchev–Trinajstić information content (AvgIpc) is 3.50. The maximum Gasteiger partial charge on any atom is 0.0892 e. The molecule has 1 aliphatic heterocycles. The zero-order chi connectivity index (χ0) is 30.5. The van der Waals surface area contributed by atoms with Crippen LogP contribution in [0, 0.1) is 11.3 Å². The van der Waals surface area contributed by atoms with E-state index in [-0.39, 0.29) is 5.60 Å². The fourth-order valence-electron chi connectivity index (χ4n) is 5.12. The smallest absolute Gasteiger partial charge is 0.0892 e. The molecule has 1 heteroatoms. The van der Waals surface area contributed by atoms with Crippen molar-refractivity contribution >= 4 is 0 Å². The van der Waals surface area contributed by atoms with E-state index in [0.29, 0.717) is 17.4 Å². The van der Waals surface area contributed by atoms with Crippen LogP contribution in [0.3, 0.4) is 0 Å². The molecule has 1 saturated heterocycles. The molecule has 0 radical (unpaired) electrons. The molecule has 2 atom stereocenters. The Balaban J connectivity index is 1.78. The van der Waals surface area contributed by atoms with Crippen molar-refractivity contribution in [3.63, 3.8) is 0 Å². The minimum absolute atomic E-state index is 0.0928. The molecule has 0 bridgehead atoms. The topological polar surface area (TPSA) is 12.5 Å². The van der Waals surface area contributed by atoms with Gasteiger partial charge in [-0.15, -0.1) is 0 Å². The molecule has 1 nitrogen and oxygen atoms in total. The molecule has 41 heavy (non-hydrogen) atoms. The van der Waals surface area contributed by atoms with E-state index in [1.54, 1.807) is 0 Å². The third-order valence-electron chi connectivity index (χ3n) is 8.11. The van der Waals surface area contributed by atoms with Crippen LogP contribution in [0.5, 0.6) is 0 Å². The van der Waals surface area contributed by atoms with E-state index >= 15 is 0 Å². The van der Waals surface area contributed by atoms with Crippen LogP contribution in [-0.2, 0) is 4.74 Å². The monoisotopic (exact) mass is 552 g/mol. The van der Waals surface area contributed by atoms with Crippen LogP contribution < -0.4 is 0 Å². The lowest BCUT2D eigenvalue weighted by Gasteiger charge is -2.36. The Labute approximate surface area is 252 Å². The fraction of sp³-hybridized carbons (Fsp3) is 0.450. The lowest BCUT2D eigenvalue weighted by atomic mass is 9.68. The molecule has 0 aromatic carbocycles. The summed E-state index contributed by atoms with van der Waals surface area (Å²) in [5.74, 6) is 0.529. The highest BCUT2D eigenvalue weighted by molar-refractivity contribution is 5.33. The van der Waals surface area contributed by atoms with Crippen LogP contribution in [-0.4, -0.2) is 11.7 Å². The molecule has 2 unspecified atom stereocenters. The number of hydrogen-bond donors (Lipinski definition) is 0. The maximum atomic E-state index is 5.67. The van der Waals surface area contributed by atoms with Gasteiger partial charge in [0, 0.05) is 5.92 Å². The summed E-state index contributed by atoms with van der Waals surface area (Å²) in [5, 5.41) is 0. The van der Waals surface area contributed by atoms with Crippen LogP contribution in [0.4, 0.5) is 0 Å². The van der Waals surface area contributed by atoms with Crippen LogP contribution in [0.1, 0.15) is 94.9 Å². The van der Waals surface area contributed by atoms with Gasteiger partial charge in [-0.05, 0) is 86.5 Å². The average molecular weight is 553 g/mol. The minimum Gasteiger partial charge on any atom is -0.367 e. The quantitative estimate of drug-likeness (QED) is 0.126. The summed E-state index contributed by atoms with van der Waals surface area (Å²) in [6.07, 6.45) is 40.0. The summed E-state index contributed by atoms with van der Waals surface area (Å²) in [6.45, 7) is 22.1. The van der Waals surface area contributed by atoms with E-state index < -0.39 is 0 Å². The van der Waals surface area contributed by atoms with Gasteiger partial charge in [-0.3, -0.25) is 0 Å². The Morgan fingerprint density at radius 3 is 1.68 bits per heavy atom. The van der Waals surface area contributed by atoms with Crippen molar-refractivity contribution in [2.24, 2.45) is 11.3 Å². The first kappa shape index (κ1) is 34.3. The summed E-state index contributed by atoms with van der Waals surface area (Å²) in [4.78, 5) is 0. The van der Waals surface area contributed by atoms with Gasteiger partial charge < -0.3 is 4.74 Å². The standard InChI is InChI=1S/C40H56O/c1-31(19-13-21-33(3)22-15-24-35(5)27-29-38-40(9,10)41-38)17-11-12-18-32(2)20-14-23-34(4)26-28-37-36(6)25-16-30-39(37,7)8/h11-15,17-26,28,37-38H,16,27,29-30H2,1-10H3. The van der Waals surface area contributed by atoms with E-state index in [1.807, 2.05) is 0 Å². The van der Waals surface area contributed by atoms with Crippen molar-refractivity contribution in [1.82, 2.24) is 0 Å². The summed E-state index contributed by atoms with van der Waals surface area (Å²) in [7, 11) is 0. The van der Waals surface area contributed by atoms with E-state index in [2.05, 4.69) is 166 Å². The van der Waals surface area contributed by atoms with Crippen molar-refractivity contribution in [3.05, 3.63) is 131 Å². The first-order valence-corrected chi connectivity index (χ1v) is 15.4. The summed E-state index contributed by atoms with van der Waals surface area (Å²) < 4.78 is 5.67. The Hall–Kier alpha value is -2.90. The summed E-state index contributed by atoms with van der Waals surface area (Å²) in [6, 6.07) is 0. The number of ether oxygens (including phenoxy) is 1. The van der Waals surface area contributed by atoms with E-state index in [4.69, 9.17) is 4.74 Å². The molecular weight excluding hydrogens is 496 g/mol. The Morgan fingerprint density at radius 1 is 0.732 bits per heavy atom. The third-order valence-corrected chi connectivity index (χ3v) is 8.11. The summed E-state index contributed by atoms with van der Waals surface area (Å²) in [5.41, 5.74) is 8.28. The molecule has 0 spiro atoms. The fourth-order valence-corrected chi connectivity index (χ4v) is 5.12. The van der Waals surface area contributed by atoms with Gasteiger partial charge >= 0.3 is 0 Å². The first-order valence-electron chi connectivity index (χ1n) is 15.4. The summed E-state index contributed by atoms with van der Waals surface area (Å²) >= 11 is 0. The molecule has 222 valence electrons. The largest absolute Gasteiger partial charge is 0.367 e. The third kappa shape index (κ3) is 13.5. The molecule has 0 saturated carbocycles. The molecule has 1 aliphatic carbocycles. The van der Waals surface area contributed by atoms with E-state index in [0.717, 1.165) is 12.8 Å². The predicted octanol–water partition coefficient (Wildman–Crippen LogP) is 11.8. The van der Waals surface area contributed by atoms with Crippen LogP contribution in [0.25, 0.3) is 0 Å². The maximum absolute atomic E-state index is 5.67. The van der Waals surface area contributed by atoms with Gasteiger partial charge in [0.25, 0.3) is 0 Å². The van der Waals surface area contributed by atoms with Crippen molar-refractivity contribution < 1.29 is 4.74 Å². The number of hydrogen-bond acceptors (Lipinski definition) is 1. The number of allylic oxidation sites excluding steroid dienone is 22. The zero-order valence-electron chi connectivity index (χ0n) is 27.6. The molecule has 0 N–H and O–H groups in total. The van der Waals surface area contributed by atoms with E-state index in [9.17, 15) is 0 Å². The van der Waals surface area contributed by atoms with Gasteiger partial charge in [-0.2, -0.15) is 0 Å². The minimum atomic E-state index is 0.0928. The van der Waals surface area contributed by atoms with Crippen molar-refractivity contribution in [2.45, 2.75) is 107 Å². The highest BCUT2D eigenvalue weighted by atomic mass is 16.6. The highest BCUT2D eigenvalue weighted by Gasteiger charge is 2.46. The highest BCUT2D eigenvalue weighted by Crippen LogP contribution is 2.41. The molecule has 1 fully saturated rings. The van der Waals surface area contributed by atoms with Crippen LogP contribution >= 0.6 is 0 Å². The van der Waals surface area contributed by atoms with Crippen LogP contribution in [0.2, 0.25) is 0 Å². The lowest BCUT2D eigenvalue weighted by molar-refractivity contribution is 0.255. The van der Waals surface area contributed by atoms with Gasteiger partial charge in [0.05, 0.1) is 11.7 Å². The van der Waals surface area contributed by atoms with Gasteiger partial charge in [0.1, 0.15) is 0 Å². The number of rotatable bonds is 13. The second-order valence-electron chi connectivity index (χ2n) is 13.2. The van der Waals surface area contributed by atoms with Crippen molar-refractivity contribution in [2.75, 3.05) is 0 Å². The molecule has 0 aromatic heterocycles. The molecular formula is C40H56O. The SMILES string of the molecule is CC(C=CC=C(C)C=CC=C(C)CCC1OC1(C)C)=CC=CC=C(C)C=CC=C(C)C=CC1C(C)=CCCC1(C)C. The van der Waals surface area contributed by atoms with Crippen LogP contribution in [0.15, 0.2) is 131 Å². The Morgan fingerprint density at radius 2 is 1.20 bits per heavy atom. The van der Waals surface area contributed by atoms with Crippen molar-refractivity contribution in [1.29, 1.82) is 0 Å². The molecule has 1 heterocycles. The first-order chi connectivity index (χ1) is 19.3. The van der Waals surface area contributed by atoms with Gasteiger partial charge in [0.2, 0.25) is 0 Å². The normalized spacial score (nSPS) is 24.5. The van der Waals surface area contributed by atoms with Gasteiger partial charge in [0.15, 0.2) is 0 Å². The van der Waals surface area contributed by atoms with Gasteiger partial charge in [-0.25, -0.2) is 0 Å². The number of epoxide rings is 1. The second kappa shape index (κ2) is 16.5. The lowest BCUT2D eigenvalue weighted by Crippen LogP contribution is -2.26. The Bertz CT molecular complexity index is 1210. The molecule has 0 amide bonds. The van der Waals surface area contributed by atoms with Gasteiger partial charge in [-0.1, -0.05) is 145 Å². The zero-order valence-corrected chi connectivity index (χ0v) is 27.6. The second-order valence-corrected chi connectivity index (χ2v) is 13.2. The molecule has 2 aliphatic rings. The molecule has 2 rings (SSSR count). The Kier molecular flexibility index (Phi) is 13.8. The molecule has 0 aromatic rings. The van der Waals surface area contributed by atoms with Crippen molar-refractivity contribution in [3.8, 4) is 0 Å². The predicted molar refractivity (Wildman–Crippen MR) is 183 cm³/mol.